The van der Waals surface area contributed by atoms with Gasteiger partial charge in [0.05, 0.1) is 66.3 Å². The second kappa shape index (κ2) is 31.5. The number of halogens is 6. The van der Waals surface area contributed by atoms with Gasteiger partial charge in [0.2, 0.25) is 11.5 Å². The first-order chi connectivity index (χ1) is 40.4. The molecule has 4 heterocycles. The first-order valence-electron chi connectivity index (χ1n) is 26.2. The van der Waals surface area contributed by atoms with Gasteiger partial charge in [-0.2, -0.15) is 51.6 Å². The Kier molecular flexibility index (Phi) is 26.2. The zero-order chi connectivity index (χ0) is 65.2. The molecule has 8 rings (SSSR count). The molecule has 32 heteroatoms. The van der Waals surface area contributed by atoms with E-state index >= 15 is 0 Å². The topological polar surface area (TPSA) is 313 Å². The minimum Gasteiger partial charge on any atom is -0.495 e. The van der Waals surface area contributed by atoms with Crippen LogP contribution in [-0.2, 0) is 42.7 Å². The van der Waals surface area contributed by atoms with Gasteiger partial charge in [0.15, 0.2) is 22.0 Å². The van der Waals surface area contributed by atoms with Crippen LogP contribution in [0.4, 0.5) is 37.7 Å². The number of rotatable bonds is 14. The highest BCUT2D eigenvalue weighted by atomic mass is 32.2. The predicted octanol–water partition coefficient (Wildman–Crippen LogP) is 6.65. The number of piperazine rings is 2. The zero-order valence-electron chi connectivity index (χ0n) is 48.3. The summed E-state index contributed by atoms with van der Waals surface area (Å²) in [5, 5.41) is 5.36. The Bertz CT molecular complexity index is 3500. The molecule has 0 radical (unpaired) electrons. The van der Waals surface area contributed by atoms with Gasteiger partial charge in [-0.1, -0.05) is 36.4 Å². The van der Waals surface area contributed by atoms with Crippen molar-refractivity contribution in [3.63, 3.8) is 0 Å². The minimum atomic E-state index is -4.84. The van der Waals surface area contributed by atoms with E-state index in [1.807, 2.05) is 48.5 Å². The van der Waals surface area contributed by atoms with Crippen LogP contribution >= 0.6 is 0 Å². The lowest BCUT2D eigenvalue weighted by molar-refractivity contribution is -0.154. The minimum absolute atomic E-state index is 0.0546. The normalized spacial score (nSPS) is 14.2. The molecule has 6 aromatic rings. The smallest absolute Gasteiger partial charge is 0.449 e. The molecule has 2 aliphatic rings. The Balaban J connectivity index is 0.000000302. The Hall–Kier alpha value is -7.33. The Morgan fingerprint density at radius 3 is 1.10 bits per heavy atom. The molecule has 0 atom stereocenters. The lowest BCUT2D eigenvalue weighted by Crippen LogP contribution is -2.47. The number of carbonyl (C=O) groups is 2. The van der Waals surface area contributed by atoms with Gasteiger partial charge < -0.3 is 38.7 Å². The maximum Gasteiger partial charge on any atom is 0.449 e. The molecule has 87 heavy (non-hydrogen) atoms. The molecule has 5 N–H and O–H groups in total. The highest BCUT2D eigenvalue weighted by molar-refractivity contribution is 7.85. The van der Waals surface area contributed by atoms with Gasteiger partial charge in [0.1, 0.15) is 11.5 Å². The van der Waals surface area contributed by atoms with Gasteiger partial charge in [-0.3, -0.25) is 42.6 Å². The molecule has 2 amide bonds. The highest BCUT2D eigenvalue weighted by Gasteiger charge is 2.39. The molecular formula is C55H68F6N6O17S3. The molecule has 2 aliphatic heterocycles. The fourth-order valence-electron chi connectivity index (χ4n) is 8.92. The maximum atomic E-state index is 13.3. The third-order valence-electron chi connectivity index (χ3n) is 12.8. The average Bonchev–Trinajstić information content (AvgIpc) is 0.899. The van der Waals surface area contributed by atoms with Crippen molar-refractivity contribution in [2.75, 3.05) is 121 Å². The van der Waals surface area contributed by atoms with E-state index in [2.05, 4.69) is 30.2 Å². The summed E-state index contributed by atoms with van der Waals surface area (Å²) in [6, 6.07) is 24.2. The SMILES string of the molecule is COc1ccccc1N1CCN(CCCNC(=O)c2cccc3c(=O)c(C)c(C(F)(F)F)oc23)CC1.COc1ccccc1N1CCN(CCCNC(=O)c2cccc3c(=O)c(C)c(C(F)(F)F)oc23)CC1.CS(=O)(=O)O.CS(=O)(=O)O.CS(=O)(=O)O. The number of alkyl halides is 6. The average molecular weight is 1300 g/mol. The van der Waals surface area contributed by atoms with Crippen molar-refractivity contribution in [3.05, 3.63) is 139 Å². The summed E-state index contributed by atoms with van der Waals surface area (Å²) in [4.78, 5) is 59.5. The number of nitrogens with one attached hydrogen (secondary N) is 2. The number of methoxy groups -OCH3 is 2. The summed E-state index contributed by atoms with van der Waals surface area (Å²) >= 11 is 0. The lowest BCUT2D eigenvalue weighted by Gasteiger charge is -2.36. The van der Waals surface area contributed by atoms with E-state index in [4.69, 9.17) is 32.0 Å². The van der Waals surface area contributed by atoms with Crippen molar-refractivity contribution in [2.24, 2.45) is 0 Å². The molecule has 2 aromatic heterocycles. The van der Waals surface area contributed by atoms with Crippen molar-refractivity contribution in [1.82, 2.24) is 20.4 Å². The van der Waals surface area contributed by atoms with Gasteiger partial charge in [0.25, 0.3) is 42.2 Å². The molecule has 0 aliphatic carbocycles. The number of hydrogen-bond acceptors (Lipinski definition) is 18. The summed E-state index contributed by atoms with van der Waals surface area (Å²) in [6.45, 7) is 11.2. The molecule has 0 spiro atoms. The van der Waals surface area contributed by atoms with E-state index in [9.17, 15) is 70.8 Å². The van der Waals surface area contributed by atoms with E-state index in [0.29, 0.717) is 44.7 Å². The van der Waals surface area contributed by atoms with Gasteiger partial charge in [-0.15, -0.1) is 0 Å². The quantitative estimate of drug-likeness (QED) is 0.0433. The second-order valence-electron chi connectivity index (χ2n) is 19.5. The number of hydrogen-bond donors (Lipinski definition) is 5. The van der Waals surface area contributed by atoms with Crippen molar-refractivity contribution >= 4 is 75.5 Å². The number of para-hydroxylation sites is 6. The maximum absolute atomic E-state index is 13.3. The second-order valence-corrected chi connectivity index (χ2v) is 23.9. The first kappa shape index (κ1) is 72.1. The number of benzene rings is 4. The number of fused-ring (bicyclic) bond motifs is 2. The molecule has 0 bridgehead atoms. The summed E-state index contributed by atoms with van der Waals surface area (Å²) in [7, 11) is -7.68. The number of carbonyl (C=O) groups excluding carboxylic acids is 2. The summed E-state index contributed by atoms with van der Waals surface area (Å²) < 4.78 is 179. The van der Waals surface area contributed by atoms with E-state index in [0.717, 1.165) is 102 Å². The van der Waals surface area contributed by atoms with Gasteiger partial charge >= 0.3 is 12.4 Å². The van der Waals surface area contributed by atoms with Crippen molar-refractivity contribution < 1.29 is 93.2 Å². The number of amides is 2. The van der Waals surface area contributed by atoms with Crippen molar-refractivity contribution in [1.29, 1.82) is 0 Å². The first-order valence-corrected chi connectivity index (χ1v) is 31.8. The van der Waals surface area contributed by atoms with Crippen LogP contribution in [0.25, 0.3) is 21.9 Å². The van der Waals surface area contributed by atoms with Crippen LogP contribution in [0.3, 0.4) is 0 Å². The van der Waals surface area contributed by atoms with E-state index in [1.165, 1.54) is 36.4 Å². The predicted molar refractivity (Wildman–Crippen MR) is 314 cm³/mol. The van der Waals surface area contributed by atoms with E-state index in [1.54, 1.807) is 14.2 Å². The number of anilines is 2. The summed E-state index contributed by atoms with van der Waals surface area (Å²) in [5.74, 6) is -2.24. The van der Waals surface area contributed by atoms with Gasteiger partial charge in [0, 0.05) is 76.6 Å². The zero-order valence-corrected chi connectivity index (χ0v) is 50.8. The van der Waals surface area contributed by atoms with Crippen LogP contribution in [0.5, 0.6) is 11.5 Å². The van der Waals surface area contributed by atoms with E-state index < -0.39 is 88.0 Å². The number of nitrogens with zero attached hydrogens (tertiary/aromatic N) is 4. The van der Waals surface area contributed by atoms with Crippen molar-refractivity contribution in [3.8, 4) is 11.5 Å². The molecule has 480 valence electrons. The molecule has 0 unspecified atom stereocenters. The molecular weight excluding hydrogens is 1230 g/mol. The summed E-state index contributed by atoms with van der Waals surface area (Å²) in [6.07, 6.45) is -6.19. The van der Waals surface area contributed by atoms with Crippen molar-refractivity contribution in [2.45, 2.75) is 39.0 Å². The fourth-order valence-corrected chi connectivity index (χ4v) is 8.92. The van der Waals surface area contributed by atoms with Crippen LogP contribution in [0.15, 0.2) is 103 Å². The fraction of sp³-hybridized carbons (Fsp3) is 0.418. The van der Waals surface area contributed by atoms with Crippen LogP contribution in [0.2, 0.25) is 0 Å². The Morgan fingerprint density at radius 2 is 0.816 bits per heavy atom. The summed E-state index contributed by atoms with van der Waals surface area (Å²) in [5.41, 5.74) is -1.43. The largest absolute Gasteiger partial charge is 0.495 e. The van der Waals surface area contributed by atoms with Crippen LogP contribution in [0, 0.1) is 13.8 Å². The third-order valence-corrected chi connectivity index (χ3v) is 12.8. The highest BCUT2D eigenvalue weighted by Crippen LogP contribution is 2.35. The standard InChI is InChI=1S/2C26H28F3N3O4.3CH4O3S/c2*1-17-22(33)18-7-5-8-19(23(18)36-24(17)26(27,28)29)25(34)30-11-6-12-31-13-15-32(16-14-31)20-9-3-4-10-21(20)35-2;3*1-5(2,3)4/h2*3-5,7-10H,6,11-16H2,1-2H3,(H,30,34);3*1H3,(H,2,3,4). The molecule has 0 saturated carbocycles. The van der Waals surface area contributed by atoms with Gasteiger partial charge in [-0.05, 0) is 88.3 Å². The molecule has 23 nitrogen and oxygen atoms in total. The lowest BCUT2D eigenvalue weighted by atomic mass is 10.1. The number of ether oxygens (including phenoxy) is 2. The van der Waals surface area contributed by atoms with Gasteiger partial charge in [-0.25, -0.2) is 0 Å². The van der Waals surface area contributed by atoms with Crippen LogP contribution < -0.4 is 40.8 Å². The third kappa shape index (κ3) is 23.4. The van der Waals surface area contributed by atoms with E-state index in [-0.39, 0.29) is 33.1 Å². The van der Waals surface area contributed by atoms with Crippen LogP contribution in [-0.4, -0.2) is 172 Å². The Labute approximate surface area is 498 Å². The molecule has 2 fully saturated rings. The Morgan fingerprint density at radius 1 is 0.517 bits per heavy atom. The van der Waals surface area contributed by atoms with Crippen LogP contribution in [0.1, 0.15) is 56.2 Å². The monoisotopic (exact) mass is 1290 g/mol. The molecule has 4 aromatic carbocycles. The molecule has 2 saturated heterocycles.